The van der Waals surface area contributed by atoms with Crippen LogP contribution in [0.3, 0.4) is 0 Å². The minimum absolute atomic E-state index is 0.504. The van der Waals surface area contributed by atoms with E-state index in [0.717, 1.165) is 12.3 Å². The van der Waals surface area contributed by atoms with Crippen LogP contribution in [0.5, 0.6) is 11.6 Å². The first-order valence-electron chi connectivity index (χ1n) is 6.06. The number of nitrogens with zero attached hydrogens (tertiary/aromatic N) is 2. The van der Waals surface area contributed by atoms with Crippen LogP contribution >= 0.6 is 0 Å². The van der Waals surface area contributed by atoms with Gasteiger partial charge < -0.3 is 10.1 Å². The predicted octanol–water partition coefficient (Wildman–Crippen LogP) is 3.01. The fourth-order valence-electron chi connectivity index (χ4n) is 1.38. The molecule has 0 radical (unpaired) electrons. The first kappa shape index (κ1) is 14.1. The maximum Gasteiger partial charge on any atom is 0.237 e. The Bertz CT molecular complexity index is 446. The zero-order chi connectivity index (χ0) is 13.2. The summed E-state index contributed by atoms with van der Waals surface area (Å²) in [7, 11) is 1.91. The van der Waals surface area contributed by atoms with Crippen LogP contribution in [0.25, 0.3) is 0 Å². The molecule has 0 bridgehead atoms. The Morgan fingerprint density at radius 3 is 2.72 bits per heavy atom. The van der Waals surface area contributed by atoms with E-state index in [1.807, 2.05) is 45.2 Å². The SMILES string of the molecule is CC.CNCc1cccc(Oc2cnccn2)c1. The van der Waals surface area contributed by atoms with E-state index in [2.05, 4.69) is 15.3 Å². The van der Waals surface area contributed by atoms with Crippen LogP contribution in [0.1, 0.15) is 19.4 Å². The van der Waals surface area contributed by atoms with Crippen LogP contribution in [0.15, 0.2) is 42.9 Å². The van der Waals surface area contributed by atoms with Gasteiger partial charge in [-0.1, -0.05) is 26.0 Å². The summed E-state index contributed by atoms with van der Waals surface area (Å²) in [6.07, 6.45) is 4.81. The number of ether oxygens (including phenoxy) is 1. The van der Waals surface area contributed by atoms with Crippen molar-refractivity contribution in [3.63, 3.8) is 0 Å². The topological polar surface area (TPSA) is 47.0 Å². The fraction of sp³-hybridized carbons (Fsp3) is 0.286. The summed E-state index contributed by atoms with van der Waals surface area (Å²) in [5, 5.41) is 3.09. The molecule has 0 aliphatic carbocycles. The van der Waals surface area contributed by atoms with Gasteiger partial charge in [0.05, 0.1) is 6.20 Å². The first-order chi connectivity index (χ1) is 8.88. The van der Waals surface area contributed by atoms with Crippen molar-refractivity contribution in [3.05, 3.63) is 48.4 Å². The van der Waals surface area contributed by atoms with E-state index in [0.29, 0.717) is 5.88 Å². The summed E-state index contributed by atoms with van der Waals surface area (Å²) < 4.78 is 5.56. The lowest BCUT2D eigenvalue weighted by atomic mass is 10.2. The van der Waals surface area contributed by atoms with Gasteiger partial charge in [-0.3, -0.25) is 4.98 Å². The van der Waals surface area contributed by atoms with Crippen molar-refractivity contribution in [2.24, 2.45) is 0 Å². The average molecular weight is 245 g/mol. The number of hydrogen-bond acceptors (Lipinski definition) is 4. The monoisotopic (exact) mass is 245 g/mol. The molecule has 0 unspecified atom stereocenters. The van der Waals surface area contributed by atoms with Crippen LogP contribution in [-0.4, -0.2) is 17.0 Å². The lowest BCUT2D eigenvalue weighted by molar-refractivity contribution is 0.459. The number of nitrogens with one attached hydrogen (secondary N) is 1. The highest BCUT2D eigenvalue weighted by molar-refractivity contribution is 5.30. The molecule has 1 aromatic heterocycles. The standard InChI is InChI=1S/C12H13N3O.C2H6/c1-13-8-10-3-2-4-11(7-10)16-12-9-14-5-6-15-12;1-2/h2-7,9,13H,8H2,1H3;1-2H3. The molecular weight excluding hydrogens is 226 g/mol. The van der Waals surface area contributed by atoms with Gasteiger partial charge in [0.25, 0.3) is 0 Å². The Balaban J connectivity index is 0.000000771. The highest BCUT2D eigenvalue weighted by Gasteiger charge is 1.99. The van der Waals surface area contributed by atoms with Crippen molar-refractivity contribution in [3.8, 4) is 11.6 Å². The minimum atomic E-state index is 0.504. The van der Waals surface area contributed by atoms with Gasteiger partial charge in [-0.15, -0.1) is 0 Å². The van der Waals surface area contributed by atoms with Crippen molar-refractivity contribution in [1.82, 2.24) is 15.3 Å². The molecule has 0 saturated carbocycles. The largest absolute Gasteiger partial charge is 0.437 e. The molecule has 0 amide bonds. The molecule has 1 heterocycles. The molecule has 1 N–H and O–H groups in total. The molecule has 0 atom stereocenters. The van der Waals surface area contributed by atoms with Crippen LogP contribution in [0.4, 0.5) is 0 Å². The van der Waals surface area contributed by atoms with Crippen LogP contribution in [-0.2, 0) is 6.54 Å². The molecule has 0 saturated heterocycles. The molecule has 0 aliphatic heterocycles. The Labute approximate surface area is 108 Å². The summed E-state index contributed by atoms with van der Waals surface area (Å²) in [5.41, 5.74) is 1.17. The van der Waals surface area contributed by atoms with Crippen LogP contribution < -0.4 is 10.1 Å². The normalized spacial score (nSPS) is 9.28. The lowest BCUT2D eigenvalue weighted by Gasteiger charge is -2.05. The Kier molecular flexibility index (Phi) is 6.43. The summed E-state index contributed by atoms with van der Waals surface area (Å²) in [5.74, 6) is 1.28. The number of aromatic nitrogens is 2. The Morgan fingerprint density at radius 2 is 2.06 bits per heavy atom. The van der Waals surface area contributed by atoms with Crippen LogP contribution in [0, 0.1) is 0 Å². The van der Waals surface area contributed by atoms with E-state index < -0.39 is 0 Å². The molecule has 18 heavy (non-hydrogen) atoms. The summed E-state index contributed by atoms with van der Waals surface area (Å²) in [6, 6.07) is 7.87. The highest BCUT2D eigenvalue weighted by atomic mass is 16.5. The smallest absolute Gasteiger partial charge is 0.237 e. The molecule has 2 rings (SSSR count). The molecule has 0 fully saturated rings. The molecule has 2 aromatic rings. The predicted molar refractivity (Wildman–Crippen MR) is 72.7 cm³/mol. The van der Waals surface area contributed by atoms with Gasteiger partial charge in [-0.25, -0.2) is 4.98 Å². The fourth-order valence-corrected chi connectivity index (χ4v) is 1.38. The number of hydrogen-bond donors (Lipinski definition) is 1. The first-order valence-corrected chi connectivity index (χ1v) is 6.06. The molecular formula is C14H19N3O. The van der Waals surface area contributed by atoms with Gasteiger partial charge in [0.2, 0.25) is 5.88 Å². The third kappa shape index (κ3) is 4.51. The zero-order valence-corrected chi connectivity index (χ0v) is 11.1. The third-order valence-electron chi connectivity index (χ3n) is 2.04. The Morgan fingerprint density at radius 1 is 1.22 bits per heavy atom. The maximum atomic E-state index is 5.56. The highest BCUT2D eigenvalue weighted by Crippen LogP contribution is 2.19. The van der Waals surface area contributed by atoms with E-state index in [9.17, 15) is 0 Å². The second-order valence-electron chi connectivity index (χ2n) is 3.32. The van der Waals surface area contributed by atoms with Gasteiger partial charge in [0.15, 0.2) is 0 Å². The van der Waals surface area contributed by atoms with Crippen molar-refractivity contribution < 1.29 is 4.74 Å². The average Bonchev–Trinajstić information content (AvgIpc) is 2.43. The van der Waals surface area contributed by atoms with E-state index in [1.54, 1.807) is 18.6 Å². The van der Waals surface area contributed by atoms with Gasteiger partial charge in [0.1, 0.15) is 5.75 Å². The Hall–Kier alpha value is -1.94. The number of rotatable bonds is 4. The van der Waals surface area contributed by atoms with E-state index >= 15 is 0 Å². The molecule has 4 nitrogen and oxygen atoms in total. The van der Waals surface area contributed by atoms with Crippen LogP contribution in [0.2, 0.25) is 0 Å². The van der Waals surface area contributed by atoms with Gasteiger partial charge >= 0.3 is 0 Å². The van der Waals surface area contributed by atoms with Crippen molar-refractivity contribution >= 4 is 0 Å². The van der Waals surface area contributed by atoms with Gasteiger partial charge in [-0.2, -0.15) is 0 Å². The third-order valence-corrected chi connectivity index (χ3v) is 2.04. The van der Waals surface area contributed by atoms with Crippen molar-refractivity contribution in [1.29, 1.82) is 0 Å². The second kappa shape index (κ2) is 8.20. The summed E-state index contributed by atoms with van der Waals surface area (Å²) >= 11 is 0. The lowest BCUT2D eigenvalue weighted by Crippen LogP contribution is -2.04. The van der Waals surface area contributed by atoms with Gasteiger partial charge in [0, 0.05) is 18.9 Å². The zero-order valence-electron chi connectivity index (χ0n) is 11.1. The molecule has 0 aliphatic rings. The van der Waals surface area contributed by atoms with Gasteiger partial charge in [-0.05, 0) is 24.7 Å². The summed E-state index contributed by atoms with van der Waals surface area (Å²) in [4.78, 5) is 7.99. The van der Waals surface area contributed by atoms with Crippen molar-refractivity contribution in [2.45, 2.75) is 20.4 Å². The molecule has 1 aromatic carbocycles. The number of benzene rings is 1. The van der Waals surface area contributed by atoms with E-state index in [-0.39, 0.29) is 0 Å². The molecule has 0 spiro atoms. The quantitative estimate of drug-likeness (QED) is 0.899. The second-order valence-corrected chi connectivity index (χ2v) is 3.32. The summed E-state index contributed by atoms with van der Waals surface area (Å²) in [6.45, 7) is 4.82. The molecule has 96 valence electrons. The molecule has 4 heteroatoms. The van der Waals surface area contributed by atoms with E-state index in [1.165, 1.54) is 5.56 Å². The van der Waals surface area contributed by atoms with E-state index in [4.69, 9.17) is 4.74 Å². The maximum absolute atomic E-state index is 5.56. The van der Waals surface area contributed by atoms with Crippen molar-refractivity contribution in [2.75, 3.05) is 7.05 Å². The minimum Gasteiger partial charge on any atom is -0.437 e.